The van der Waals surface area contributed by atoms with Crippen LogP contribution in [-0.2, 0) is 0 Å². The maximum absolute atomic E-state index is 5.82. The fraction of sp³-hybridized carbons (Fsp3) is 0.467. The van der Waals surface area contributed by atoms with Crippen molar-refractivity contribution in [2.24, 2.45) is 0 Å². The highest BCUT2D eigenvalue weighted by Crippen LogP contribution is 2.35. The van der Waals surface area contributed by atoms with Crippen molar-refractivity contribution in [3.05, 3.63) is 30.2 Å². The summed E-state index contributed by atoms with van der Waals surface area (Å²) in [5.74, 6) is 2.60. The highest BCUT2D eigenvalue weighted by atomic mass is 16.5. The molecule has 2 heterocycles. The number of fused-ring (bicyclic) bond motifs is 1. The Morgan fingerprint density at radius 3 is 2.78 bits per heavy atom. The minimum absolute atomic E-state index is 0.562. The van der Waals surface area contributed by atoms with Crippen LogP contribution in [-0.4, -0.2) is 32.1 Å². The average molecular weight is 245 g/mol. The van der Waals surface area contributed by atoms with Gasteiger partial charge in [0.25, 0.3) is 0 Å². The molecule has 96 valence electrons. The van der Waals surface area contributed by atoms with Crippen LogP contribution in [0.15, 0.2) is 28.9 Å². The Bertz CT molecular complexity index is 538. The van der Waals surface area contributed by atoms with Gasteiger partial charge in [-0.25, -0.2) is 0 Å². The van der Waals surface area contributed by atoms with Crippen LogP contribution in [0.1, 0.15) is 24.5 Å². The van der Waals surface area contributed by atoms with E-state index in [9.17, 15) is 0 Å². The monoisotopic (exact) mass is 245 g/mol. The number of ether oxygens (including phenoxy) is 1. The van der Waals surface area contributed by atoms with Gasteiger partial charge >= 0.3 is 0 Å². The summed E-state index contributed by atoms with van der Waals surface area (Å²) in [7, 11) is 3.88. The van der Waals surface area contributed by atoms with E-state index < -0.39 is 0 Å². The normalized spacial score (nSPS) is 18.3. The van der Waals surface area contributed by atoms with E-state index in [1.54, 1.807) is 7.11 Å². The van der Waals surface area contributed by atoms with Gasteiger partial charge in [0.2, 0.25) is 0 Å². The van der Waals surface area contributed by atoms with Crippen molar-refractivity contribution in [2.45, 2.75) is 18.8 Å². The number of hydrogen-bond acceptors (Lipinski definition) is 3. The molecule has 1 aliphatic heterocycles. The van der Waals surface area contributed by atoms with E-state index in [4.69, 9.17) is 9.15 Å². The van der Waals surface area contributed by atoms with Crippen LogP contribution in [0.25, 0.3) is 10.8 Å². The van der Waals surface area contributed by atoms with Gasteiger partial charge in [-0.1, -0.05) is 0 Å². The summed E-state index contributed by atoms with van der Waals surface area (Å²) < 4.78 is 11.1. The first-order valence-electron chi connectivity index (χ1n) is 6.51. The molecular weight excluding hydrogens is 226 g/mol. The van der Waals surface area contributed by atoms with Crippen molar-refractivity contribution >= 4 is 10.8 Å². The van der Waals surface area contributed by atoms with Crippen LogP contribution in [0.5, 0.6) is 5.75 Å². The minimum Gasteiger partial charge on any atom is -0.497 e. The Morgan fingerprint density at radius 2 is 2.06 bits per heavy atom. The van der Waals surface area contributed by atoms with E-state index in [0.717, 1.165) is 30.0 Å². The molecule has 18 heavy (non-hydrogen) atoms. The van der Waals surface area contributed by atoms with E-state index in [1.165, 1.54) is 18.2 Å². The molecule has 0 spiro atoms. The Kier molecular flexibility index (Phi) is 3.00. The van der Waals surface area contributed by atoms with Gasteiger partial charge in [0.15, 0.2) is 0 Å². The van der Waals surface area contributed by atoms with E-state index in [1.807, 2.05) is 18.4 Å². The lowest BCUT2D eigenvalue weighted by atomic mass is 9.92. The third-order valence-electron chi connectivity index (χ3n) is 3.93. The van der Waals surface area contributed by atoms with Gasteiger partial charge < -0.3 is 14.1 Å². The standard InChI is InChI=1S/C15H19NO2/c1-16-7-5-11(6-8-16)15-14-4-3-13(17-2)9-12(14)10-18-15/h3-4,9-11H,5-8H2,1-2H3. The third kappa shape index (κ3) is 1.99. The van der Waals surface area contributed by atoms with E-state index in [2.05, 4.69) is 18.0 Å². The van der Waals surface area contributed by atoms with E-state index in [-0.39, 0.29) is 0 Å². The van der Waals surface area contributed by atoms with Gasteiger partial charge in [0, 0.05) is 16.7 Å². The summed E-state index contributed by atoms with van der Waals surface area (Å²) in [5, 5.41) is 2.38. The van der Waals surface area contributed by atoms with E-state index in [0.29, 0.717) is 5.92 Å². The molecule has 0 N–H and O–H groups in total. The molecule has 1 aliphatic rings. The number of rotatable bonds is 2. The van der Waals surface area contributed by atoms with Gasteiger partial charge in [0.05, 0.1) is 13.4 Å². The minimum atomic E-state index is 0.562. The number of benzene rings is 1. The molecule has 0 radical (unpaired) electrons. The van der Waals surface area contributed by atoms with Crippen LogP contribution < -0.4 is 4.74 Å². The molecule has 1 saturated heterocycles. The fourth-order valence-corrected chi connectivity index (χ4v) is 2.77. The second-order valence-corrected chi connectivity index (χ2v) is 5.13. The second-order valence-electron chi connectivity index (χ2n) is 5.13. The average Bonchev–Trinajstić information content (AvgIpc) is 2.82. The molecule has 1 aromatic carbocycles. The number of methoxy groups -OCH3 is 1. The summed E-state index contributed by atoms with van der Waals surface area (Å²) in [5.41, 5.74) is 0. The van der Waals surface area contributed by atoms with Crippen LogP contribution in [0.2, 0.25) is 0 Å². The summed E-state index contributed by atoms with van der Waals surface area (Å²) in [6, 6.07) is 6.17. The molecule has 1 fully saturated rings. The van der Waals surface area contributed by atoms with Crippen molar-refractivity contribution in [1.82, 2.24) is 4.90 Å². The first-order chi connectivity index (χ1) is 8.78. The molecule has 0 atom stereocenters. The molecule has 0 bridgehead atoms. The topological polar surface area (TPSA) is 25.6 Å². The maximum Gasteiger partial charge on any atom is 0.119 e. The third-order valence-corrected chi connectivity index (χ3v) is 3.93. The zero-order valence-electron chi connectivity index (χ0n) is 11.0. The molecule has 3 rings (SSSR count). The molecule has 0 saturated carbocycles. The molecule has 0 aliphatic carbocycles. The number of hydrogen-bond donors (Lipinski definition) is 0. The largest absolute Gasteiger partial charge is 0.497 e. The van der Waals surface area contributed by atoms with Gasteiger partial charge in [-0.2, -0.15) is 0 Å². The lowest BCUT2D eigenvalue weighted by Crippen LogP contribution is -2.29. The highest BCUT2D eigenvalue weighted by molar-refractivity contribution is 5.85. The Labute approximate surface area is 107 Å². The molecular formula is C15H19NO2. The fourth-order valence-electron chi connectivity index (χ4n) is 2.77. The van der Waals surface area contributed by atoms with Crippen molar-refractivity contribution in [3.8, 4) is 5.75 Å². The molecule has 3 heteroatoms. The Morgan fingerprint density at radius 1 is 1.28 bits per heavy atom. The summed E-state index contributed by atoms with van der Waals surface area (Å²) >= 11 is 0. The van der Waals surface area contributed by atoms with E-state index >= 15 is 0 Å². The highest BCUT2D eigenvalue weighted by Gasteiger charge is 2.23. The zero-order valence-corrected chi connectivity index (χ0v) is 11.0. The van der Waals surface area contributed by atoms with Crippen LogP contribution in [0.3, 0.4) is 0 Å². The molecule has 0 amide bonds. The number of furan rings is 1. The first kappa shape index (κ1) is 11.6. The Hall–Kier alpha value is -1.48. The number of nitrogens with zero attached hydrogens (tertiary/aromatic N) is 1. The van der Waals surface area contributed by atoms with Crippen molar-refractivity contribution in [2.75, 3.05) is 27.2 Å². The van der Waals surface area contributed by atoms with Gasteiger partial charge in [0.1, 0.15) is 11.5 Å². The Balaban J connectivity index is 1.93. The summed E-state index contributed by atoms with van der Waals surface area (Å²) in [6.07, 6.45) is 4.22. The SMILES string of the molecule is COc1ccc2c(C3CCN(C)CC3)occ2c1. The predicted molar refractivity (Wildman–Crippen MR) is 72.2 cm³/mol. The van der Waals surface area contributed by atoms with Crippen LogP contribution in [0, 0.1) is 0 Å². The van der Waals surface area contributed by atoms with Gasteiger partial charge in [-0.15, -0.1) is 0 Å². The number of likely N-dealkylation sites (tertiary alicyclic amines) is 1. The van der Waals surface area contributed by atoms with Crippen molar-refractivity contribution in [1.29, 1.82) is 0 Å². The summed E-state index contributed by atoms with van der Waals surface area (Å²) in [4.78, 5) is 2.38. The van der Waals surface area contributed by atoms with Crippen LogP contribution in [0.4, 0.5) is 0 Å². The molecule has 2 aromatic rings. The second kappa shape index (κ2) is 4.65. The van der Waals surface area contributed by atoms with Crippen molar-refractivity contribution < 1.29 is 9.15 Å². The predicted octanol–water partition coefficient (Wildman–Crippen LogP) is 3.25. The lowest BCUT2D eigenvalue weighted by molar-refractivity contribution is 0.241. The van der Waals surface area contributed by atoms with Crippen LogP contribution >= 0.6 is 0 Å². The smallest absolute Gasteiger partial charge is 0.119 e. The summed E-state index contributed by atoms with van der Waals surface area (Å²) in [6.45, 7) is 2.31. The quantitative estimate of drug-likeness (QED) is 0.812. The number of piperidine rings is 1. The molecule has 1 aromatic heterocycles. The zero-order chi connectivity index (χ0) is 12.5. The molecule has 0 unspecified atom stereocenters. The lowest BCUT2D eigenvalue weighted by Gasteiger charge is -2.27. The van der Waals surface area contributed by atoms with Crippen molar-refractivity contribution in [3.63, 3.8) is 0 Å². The first-order valence-corrected chi connectivity index (χ1v) is 6.51. The van der Waals surface area contributed by atoms with Gasteiger partial charge in [-0.05, 0) is 51.2 Å². The maximum atomic E-state index is 5.82. The molecule has 3 nitrogen and oxygen atoms in total. The van der Waals surface area contributed by atoms with Gasteiger partial charge in [-0.3, -0.25) is 0 Å².